The third kappa shape index (κ3) is 2.26. The van der Waals surface area contributed by atoms with E-state index in [-0.39, 0.29) is 0 Å². The molecule has 1 aromatic rings. The molecule has 2 nitrogen and oxygen atoms in total. The Labute approximate surface area is 110 Å². The second kappa shape index (κ2) is 5.31. The van der Waals surface area contributed by atoms with E-state index in [0.717, 1.165) is 12.5 Å². The fourth-order valence-corrected chi connectivity index (χ4v) is 3.56. The van der Waals surface area contributed by atoms with Gasteiger partial charge in [0.15, 0.2) is 0 Å². The molecule has 3 rings (SSSR count). The summed E-state index contributed by atoms with van der Waals surface area (Å²) >= 11 is 0. The van der Waals surface area contributed by atoms with Crippen LogP contribution >= 0.6 is 0 Å². The second-order valence-corrected chi connectivity index (χ2v) is 5.78. The van der Waals surface area contributed by atoms with Crippen molar-refractivity contribution in [2.75, 3.05) is 31.6 Å². The lowest BCUT2D eigenvalue weighted by molar-refractivity contribution is 0.549. The number of hydrogen-bond acceptors (Lipinski definition) is 2. The summed E-state index contributed by atoms with van der Waals surface area (Å²) in [5, 5.41) is 3.32. The summed E-state index contributed by atoms with van der Waals surface area (Å²) in [4.78, 5) is 2.62. The maximum absolute atomic E-state index is 3.32. The summed E-state index contributed by atoms with van der Waals surface area (Å²) in [5.74, 6) is 0.828. The average molecular weight is 244 g/mol. The molecule has 1 aromatic carbocycles. The summed E-state index contributed by atoms with van der Waals surface area (Å²) in [6.07, 6.45) is 6.66. The van der Waals surface area contributed by atoms with Crippen molar-refractivity contribution < 1.29 is 0 Å². The van der Waals surface area contributed by atoms with E-state index in [4.69, 9.17) is 0 Å². The first kappa shape index (κ1) is 12.0. The molecule has 0 aromatic heterocycles. The van der Waals surface area contributed by atoms with E-state index in [0.29, 0.717) is 0 Å². The van der Waals surface area contributed by atoms with Crippen molar-refractivity contribution in [1.82, 2.24) is 5.32 Å². The van der Waals surface area contributed by atoms with Crippen molar-refractivity contribution >= 4 is 5.69 Å². The van der Waals surface area contributed by atoms with Crippen LogP contribution in [0.3, 0.4) is 0 Å². The van der Waals surface area contributed by atoms with Crippen LogP contribution in [0.2, 0.25) is 0 Å². The molecule has 1 heterocycles. The molecular weight excluding hydrogens is 220 g/mol. The quantitative estimate of drug-likeness (QED) is 0.879. The van der Waals surface area contributed by atoms with Crippen LogP contribution in [0.1, 0.15) is 30.4 Å². The van der Waals surface area contributed by atoms with E-state index in [1.54, 1.807) is 11.1 Å². The van der Waals surface area contributed by atoms with Gasteiger partial charge < -0.3 is 10.2 Å². The van der Waals surface area contributed by atoms with Gasteiger partial charge in [0.25, 0.3) is 0 Å². The maximum Gasteiger partial charge on any atom is 0.0401 e. The van der Waals surface area contributed by atoms with E-state index < -0.39 is 0 Å². The van der Waals surface area contributed by atoms with Crippen molar-refractivity contribution in [3.05, 3.63) is 29.3 Å². The predicted octanol–water partition coefficient (Wildman–Crippen LogP) is 2.61. The van der Waals surface area contributed by atoms with Crippen molar-refractivity contribution in [1.29, 1.82) is 0 Å². The highest BCUT2D eigenvalue weighted by Gasteiger charge is 2.24. The van der Waals surface area contributed by atoms with Crippen LogP contribution in [0.5, 0.6) is 0 Å². The van der Waals surface area contributed by atoms with Crippen LogP contribution in [-0.4, -0.2) is 26.7 Å². The van der Waals surface area contributed by atoms with Crippen LogP contribution in [0.4, 0.5) is 5.69 Å². The number of nitrogens with zero attached hydrogens (tertiary/aromatic N) is 1. The van der Waals surface area contributed by atoms with Gasteiger partial charge in [0.1, 0.15) is 0 Å². The Balaban J connectivity index is 1.80. The Kier molecular flexibility index (Phi) is 3.55. The molecular formula is C16H24N2. The second-order valence-electron chi connectivity index (χ2n) is 5.78. The maximum atomic E-state index is 3.32. The average Bonchev–Trinajstić information content (AvgIpc) is 2.87. The Morgan fingerprint density at radius 2 is 2.17 bits per heavy atom. The first-order chi connectivity index (χ1) is 8.88. The normalized spacial score (nSPS) is 23.2. The third-order valence-electron chi connectivity index (χ3n) is 4.49. The number of anilines is 1. The first-order valence-electron chi connectivity index (χ1n) is 7.39. The minimum absolute atomic E-state index is 0.828. The smallest absolute Gasteiger partial charge is 0.0401 e. The summed E-state index contributed by atoms with van der Waals surface area (Å²) < 4.78 is 0. The van der Waals surface area contributed by atoms with Gasteiger partial charge in [0.05, 0.1) is 0 Å². The standard InChI is InChI=1S/C16H24N2/c1-17-11-13-9-10-18(12-13)16-8-4-6-14-5-2-3-7-15(14)16/h4,6,8,13,17H,2-3,5,7,9-12H2,1H3. The number of aryl methyl sites for hydroxylation is 1. The number of nitrogens with one attached hydrogen (secondary N) is 1. The monoisotopic (exact) mass is 244 g/mol. The van der Waals surface area contributed by atoms with Gasteiger partial charge in [-0.2, -0.15) is 0 Å². The highest BCUT2D eigenvalue weighted by Crippen LogP contribution is 2.33. The zero-order valence-corrected chi connectivity index (χ0v) is 11.4. The molecule has 2 heteroatoms. The molecule has 2 aliphatic rings. The highest BCUT2D eigenvalue weighted by atomic mass is 15.2. The van der Waals surface area contributed by atoms with Crippen molar-refractivity contribution in [2.24, 2.45) is 5.92 Å². The van der Waals surface area contributed by atoms with Crippen LogP contribution in [0.15, 0.2) is 18.2 Å². The van der Waals surface area contributed by atoms with Gasteiger partial charge >= 0.3 is 0 Å². The SMILES string of the molecule is CNCC1CCN(c2cccc3c2CCCC3)C1. The van der Waals surface area contributed by atoms with Crippen LogP contribution in [0.25, 0.3) is 0 Å². The fourth-order valence-electron chi connectivity index (χ4n) is 3.56. The van der Waals surface area contributed by atoms with Gasteiger partial charge in [0, 0.05) is 18.8 Å². The number of rotatable bonds is 3. The highest BCUT2D eigenvalue weighted by molar-refractivity contribution is 5.58. The molecule has 0 amide bonds. The largest absolute Gasteiger partial charge is 0.371 e. The summed E-state index contributed by atoms with van der Waals surface area (Å²) in [6.45, 7) is 3.63. The Morgan fingerprint density at radius 1 is 1.28 bits per heavy atom. The van der Waals surface area contributed by atoms with Crippen molar-refractivity contribution in [3.8, 4) is 0 Å². The van der Waals surface area contributed by atoms with Gasteiger partial charge in [-0.15, -0.1) is 0 Å². The summed E-state index contributed by atoms with van der Waals surface area (Å²) in [6, 6.07) is 6.93. The molecule has 0 radical (unpaired) electrons. The molecule has 1 fully saturated rings. The first-order valence-corrected chi connectivity index (χ1v) is 7.39. The van der Waals surface area contributed by atoms with E-state index in [1.807, 2.05) is 0 Å². The number of benzene rings is 1. The number of hydrogen-bond donors (Lipinski definition) is 1. The van der Waals surface area contributed by atoms with Gasteiger partial charge in [0.2, 0.25) is 0 Å². The van der Waals surface area contributed by atoms with Gasteiger partial charge in [-0.3, -0.25) is 0 Å². The van der Waals surface area contributed by atoms with E-state index in [9.17, 15) is 0 Å². The van der Waals surface area contributed by atoms with Crippen molar-refractivity contribution in [3.63, 3.8) is 0 Å². The van der Waals surface area contributed by atoms with Gasteiger partial charge in [-0.1, -0.05) is 12.1 Å². The molecule has 1 aliphatic carbocycles. The minimum Gasteiger partial charge on any atom is -0.371 e. The fraction of sp³-hybridized carbons (Fsp3) is 0.625. The zero-order chi connectivity index (χ0) is 12.4. The lowest BCUT2D eigenvalue weighted by atomic mass is 9.90. The topological polar surface area (TPSA) is 15.3 Å². The molecule has 18 heavy (non-hydrogen) atoms. The molecule has 1 saturated heterocycles. The summed E-state index contributed by atoms with van der Waals surface area (Å²) in [7, 11) is 2.06. The van der Waals surface area contributed by atoms with Gasteiger partial charge in [-0.05, 0) is 68.8 Å². The van der Waals surface area contributed by atoms with E-state index in [2.05, 4.69) is 35.5 Å². The molecule has 0 spiro atoms. The van der Waals surface area contributed by atoms with Gasteiger partial charge in [-0.25, -0.2) is 0 Å². The molecule has 1 aliphatic heterocycles. The Hall–Kier alpha value is -1.02. The molecule has 1 atom stereocenters. The van der Waals surface area contributed by atoms with Crippen molar-refractivity contribution in [2.45, 2.75) is 32.1 Å². The van der Waals surface area contributed by atoms with E-state index in [1.165, 1.54) is 50.9 Å². The number of fused-ring (bicyclic) bond motifs is 1. The predicted molar refractivity (Wildman–Crippen MR) is 77.3 cm³/mol. The molecule has 98 valence electrons. The van der Waals surface area contributed by atoms with Crippen LogP contribution in [0, 0.1) is 5.92 Å². The lowest BCUT2D eigenvalue weighted by Gasteiger charge is -2.26. The minimum atomic E-state index is 0.828. The third-order valence-corrected chi connectivity index (χ3v) is 4.49. The molecule has 0 bridgehead atoms. The molecule has 0 saturated carbocycles. The lowest BCUT2D eigenvalue weighted by Crippen LogP contribution is -2.25. The summed E-state index contributed by atoms with van der Waals surface area (Å²) in [5.41, 5.74) is 4.79. The Morgan fingerprint density at radius 3 is 3.06 bits per heavy atom. The zero-order valence-electron chi connectivity index (χ0n) is 11.4. The molecule has 1 unspecified atom stereocenters. The molecule has 1 N–H and O–H groups in total. The van der Waals surface area contributed by atoms with E-state index >= 15 is 0 Å². The van der Waals surface area contributed by atoms with Crippen LogP contribution in [-0.2, 0) is 12.8 Å². The van der Waals surface area contributed by atoms with Crippen LogP contribution < -0.4 is 10.2 Å². The Bertz CT molecular complexity index is 414.